The Hall–Kier alpha value is 0.668. The van der Waals surface area contributed by atoms with Crippen molar-refractivity contribution in [1.29, 1.82) is 0 Å². The molecule has 9 heteroatoms. The van der Waals surface area contributed by atoms with Gasteiger partial charge in [0.15, 0.2) is 39.6 Å². The molecule has 0 N–H and O–H groups in total. The maximum atomic E-state index is 6.70. The molecule has 0 unspecified atom stereocenters. The standard InChI is InChI=1S/C18H44O5Si4/c1-14-15(20-24(2,3)4)16(21-25(5,6)7)17(22-26(8,9)10)18(19-14)23-27(11,12)13/h14-18H,1-13H3/t14-,15+,16+,17-,18-/m0/s1. The third kappa shape index (κ3) is 9.81. The van der Waals surface area contributed by atoms with Crippen LogP contribution in [-0.4, -0.2) is 64.0 Å². The molecule has 1 saturated heterocycles. The molecule has 5 nitrogen and oxygen atoms in total. The molecule has 0 aromatic rings. The Morgan fingerprint density at radius 1 is 0.481 bits per heavy atom. The molecule has 1 aliphatic heterocycles. The van der Waals surface area contributed by atoms with Crippen LogP contribution in [0.3, 0.4) is 0 Å². The summed E-state index contributed by atoms with van der Waals surface area (Å²) in [7, 11) is -7.26. The summed E-state index contributed by atoms with van der Waals surface area (Å²) in [6.07, 6.45) is -1.05. The van der Waals surface area contributed by atoms with Gasteiger partial charge >= 0.3 is 0 Å². The zero-order valence-electron chi connectivity index (χ0n) is 19.9. The van der Waals surface area contributed by atoms with Crippen molar-refractivity contribution in [3.05, 3.63) is 0 Å². The minimum absolute atomic E-state index is 0.0964. The second-order valence-corrected chi connectivity index (χ2v) is 29.4. The van der Waals surface area contributed by atoms with Crippen molar-refractivity contribution in [2.75, 3.05) is 0 Å². The summed E-state index contributed by atoms with van der Waals surface area (Å²) < 4.78 is 32.7. The maximum absolute atomic E-state index is 6.70. The van der Waals surface area contributed by atoms with E-state index in [2.05, 4.69) is 85.5 Å². The zero-order valence-corrected chi connectivity index (χ0v) is 23.9. The van der Waals surface area contributed by atoms with E-state index in [1.807, 2.05) is 0 Å². The van der Waals surface area contributed by atoms with Gasteiger partial charge in [-0.05, 0) is 85.5 Å². The van der Waals surface area contributed by atoms with E-state index in [1.54, 1.807) is 0 Å². The molecule has 162 valence electrons. The zero-order chi connectivity index (χ0) is 21.4. The van der Waals surface area contributed by atoms with Crippen LogP contribution < -0.4 is 0 Å². The number of hydrogen-bond acceptors (Lipinski definition) is 5. The molecule has 0 radical (unpaired) electrons. The van der Waals surface area contributed by atoms with Crippen molar-refractivity contribution in [2.45, 2.75) is 116 Å². The quantitative estimate of drug-likeness (QED) is 0.471. The first-order valence-electron chi connectivity index (χ1n) is 10.1. The van der Waals surface area contributed by atoms with E-state index in [1.165, 1.54) is 0 Å². The van der Waals surface area contributed by atoms with Crippen molar-refractivity contribution < 1.29 is 22.4 Å². The lowest BCUT2D eigenvalue weighted by atomic mass is 10.0. The smallest absolute Gasteiger partial charge is 0.187 e. The summed E-state index contributed by atoms with van der Waals surface area (Å²) in [6.45, 7) is 28.6. The Bertz CT molecular complexity index is 476. The normalized spacial score (nSPS) is 31.2. The van der Waals surface area contributed by atoms with E-state index in [9.17, 15) is 0 Å². The number of ether oxygens (including phenoxy) is 1. The van der Waals surface area contributed by atoms with Gasteiger partial charge in [0, 0.05) is 0 Å². The van der Waals surface area contributed by atoms with Gasteiger partial charge in [-0.2, -0.15) is 0 Å². The van der Waals surface area contributed by atoms with Crippen LogP contribution in [0.2, 0.25) is 78.6 Å². The fraction of sp³-hybridized carbons (Fsp3) is 1.00. The second-order valence-electron chi connectivity index (χ2n) is 11.5. The summed E-state index contributed by atoms with van der Waals surface area (Å²) in [5, 5.41) is 0. The van der Waals surface area contributed by atoms with Crippen molar-refractivity contribution in [3.8, 4) is 0 Å². The first kappa shape index (κ1) is 25.7. The largest absolute Gasteiger partial charge is 0.409 e. The fourth-order valence-electron chi connectivity index (χ4n) is 3.06. The lowest BCUT2D eigenvalue weighted by molar-refractivity contribution is -0.259. The Kier molecular flexibility index (Phi) is 8.38. The topological polar surface area (TPSA) is 46.2 Å². The van der Waals surface area contributed by atoms with Crippen molar-refractivity contribution in [2.24, 2.45) is 0 Å². The third-order valence-electron chi connectivity index (χ3n) is 3.67. The molecular weight excluding hydrogens is 409 g/mol. The summed E-state index contributed by atoms with van der Waals surface area (Å²) in [5.74, 6) is 0. The SMILES string of the molecule is C[C@@H]1O[C@@H](O[Si](C)(C)C)[C@@H](O[Si](C)(C)C)[C@H](O[Si](C)(C)C)[C@@H]1O[Si](C)(C)C. The molecule has 0 aromatic carbocycles. The highest BCUT2D eigenvalue weighted by molar-refractivity contribution is 6.71. The fourth-order valence-corrected chi connectivity index (χ4v) is 7.24. The van der Waals surface area contributed by atoms with Crippen LogP contribution in [0.5, 0.6) is 0 Å². The van der Waals surface area contributed by atoms with Crippen LogP contribution in [-0.2, 0) is 22.4 Å². The summed E-state index contributed by atoms with van der Waals surface area (Å²) in [5.41, 5.74) is 0. The molecule has 0 bridgehead atoms. The van der Waals surface area contributed by atoms with Gasteiger partial charge in [-0.15, -0.1) is 0 Å². The maximum Gasteiger partial charge on any atom is 0.187 e. The molecule has 1 aliphatic rings. The average molecular weight is 453 g/mol. The molecule has 5 atom stereocenters. The molecule has 1 heterocycles. The molecular formula is C18H44O5Si4. The Morgan fingerprint density at radius 2 is 0.815 bits per heavy atom. The van der Waals surface area contributed by atoms with Gasteiger partial charge < -0.3 is 22.4 Å². The lowest BCUT2D eigenvalue weighted by Gasteiger charge is -2.51. The minimum Gasteiger partial charge on any atom is -0.409 e. The lowest BCUT2D eigenvalue weighted by Crippen LogP contribution is -2.65. The molecule has 0 saturated carbocycles. The van der Waals surface area contributed by atoms with Crippen molar-refractivity contribution in [3.63, 3.8) is 0 Å². The average Bonchev–Trinajstić information content (AvgIpc) is 2.32. The second kappa shape index (κ2) is 8.81. The van der Waals surface area contributed by atoms with Crippen molar-refractivity contribution in [1.82, 2.24) is 0 Å². The van der Waals surface area contributed by atoms with Gasteiger partial charge in [-0.3, -0.25) is 0 Å². The Labute approximate surface area is 172 Å². The van der Waals surface area contributed by atoms with Gasteiger partial charge in [0.25, 0.3) is 0 Å². The van der Waals surface area contributed by atoms with Crippen LogP contribution in [0.15, 0.2) is 0 Å². The van der Waals surface area contributed by atoms with E-state index >= 15 is 0 Å². The van der Waals surface area contributed by atoms with Crippen LogP contribution in [0.1, 0.15) is 6.92 Å². The predicted molar refractivity (Wildman–Crippen MR) is 123 cm³/mol. The van der Waals surface area contributed by atoms with E-state index in [0.29, 0.717) is 0 Å². The van der Waals surface area contributed by atoms with Gasteiger partial charge in [0.05, 0.1) is 12.2 Å². The molecule has 27 heavy (non-hydrogen) atoms. The van der Waals surface area contributed by atoms with E-state index in [0.717, 1.165) is 0 Å². The highest BCUT2D eigenvalue weighted by Gasteiger charge is 2.51. The molecule has 0 aliphatic carbocycles. The Balaban J connectivity index is 3.32. The number of rotatable bonds is 8. The number of hydrogen-bond donors (Lipinski definition) is 0. The molecule has 0 spiro atoms. The van der Waals surface area contributed by atoms with Crippen molar-refractivity contribution >= 4 is 33.3 Å². The van der Waals surface area contributed by atoms with Crippen LogP contribution >= 0.6 is 0 Å². The van der Waals surface area contributed by atoms with E-state index < -0.39 is 39.6 Å². The third-order valence-corrected chi connectivity index (χ3v) is 7.54. The summed E-state index contributed by atoms with van der Waals surface area (Å²) in [4.78, 5) is 0. The van der Waals surface area contributed by atoms with Gasteiger partial charge in [0.2, 0.25) is 0 Å². The highest BCUT2D eigenvalue weighted by Crippen LogP contribution is 2.34. The van der Waals surface area contributed by atoms with E-state index in [-0.39, 0.29) is 24.4 Å². The first-order chi connectivity index (χ1) is 11.8. The Morgan fingerprint density at radius 3 is 1.19 bits per heavy atom. The monoisotopic (exact) mass is 452 g/mol. The first-order valence-corrected chi connectivity index (χ1v) is 23.8. The summed E-state index contributed by atoms with van der Waals surface area (Å²) in [6, 6.07) is 0. The van der Waals surface area contributed by atoms with Gasteiger partial charge in [-0.25, -0.2) is 0 Å². The minimum atomic E-state index is -1.84. The molecule has 1 fully saturated rings. The molecule has 0 aromatic heterocycles. The summed E-state index contributed by atoms with van der Waals surface area (Å²) >= 11 is 0. The van der Waals surface area contributed by atoms with Gasteiger partial charge in [0.1, 0.15) is 12.2 Å². The van der Waals surface area contributed by atoms with Gasteiger partial charge in [-0.1, -0.05) is 0 Å². The van der Waals surface area contributed by atoms with Crippen LogP contribution in [0, 0.1) is 0 Å². The van der Waals surface area contributed by atoms with E-state index in [4.69, 9.17) is 22.4 Å². The molecule has 1 rings (SSSR count). The van der Waals surface area contributed by atoms with Crippen LogP contribution in [0.25, 0.3) is 0 Å². The van der Waals surface area contributed by atoms with Crippen LogP contribution in [0.4, 0.5) is 0 Å². The predicted octanol–water partition coefficient (Wildman–Crippen LogP) is 5.24. The highest BCUT2D eigenvalue weighted by atomic mass is 28.4. The molecule has 0 amide bonds.